The van der Waals surface area contributed by atoms with Gasteiger partial charge in [0.1, 0.15) is 5.82 Å². The molecule has 1 nitrogen and oxygen atoms in total. The molecule has 0 heterocycles. The van der Waals surface area contributed by atoms with Gasteiger partial charge in [-0.2, -0.15) is 0 Å². The summed E-state index contributed by atoms with van der Waals surface area (Å²) in [7, 11) is 0. The third-order valence-corrected chi connectivity index (χ3v) is 3.51. The molecule has 3 heteroatoms. The Hall–Kier alpha value is -1.38. The van der Waals surface area contributed by atoms with Gasteiger partial charge in [-0.15, -0.1) is 0 Å². The second-order valence-electron chi connectivity index (χ2n) is 4.91. The Balaban J connectivity index is 2.20. The van der Waals surface area contributed by atoms with Crippen LogP contribution in [0.1, 0.15) is 28.3 Å². The highest BCUT2D eigenvalue weighted by Crippen LogP contribution is 2.22. The first-order valence-electron chi connectivity index (χ1n) is 6.24. The van der Waals surface area contributed by atoms with Gasteiger partial charge in [-0.05, 0) is 54.7 Å². The lowest BCUT2D eigenvalue weighted by Crippen LogP contribution is -2.14. The second-order valence-corrected chi connectivity index (χ2v) is 5.34. The van der Waals surface area contributed by atoms with Crippen LogP contribution in [0.2, 0.25) is 5.02 Å². The summed E-state index contributed by atoms with van der Waals surface area (Å²) >= 11 is 5.85. The molecular weight excluding hydrogens is 261 g/mol. The summed E-state index contributed by atoms with van der Waals surface area (Å²) in [6.45, 7) is 3.53. The van der Waals surface area contributed by atoms with Gasteiger partial charge in [0.05, 0.1) is 0 Å². The van der Waals surface area contributed by atoms with Crippen LogP contribution in [0.25, 0.3) is 0 Å². The van der Waals surface area contributed by atoms with E-state index in [0.29, 0.717) is 22.6 Å². The summed E-state index contributed by atoms with van der Waals surface area (Å²) in [6.07, 6.45) is 0.710. The predicted octanol–water partition coefficient (Wildman–Crippen LogP) is 4.34. The topological polar surface area (TPSA) is 26.0 Å². The summed E-state index contributed by atoms with van der Waals surface area (Å²) in [4.78, 5) is 0. The fourth-order valence-electron chi connectivity index (χ4n) is 2.19. The molecule has 0 saturated heterocycles. The normalized spacial score (nSPS) is 12.5. The zero-order valence-electron chi connectivity index (χ0n) is 11.1. The van der Waals surface area contributed by atoms with Crippen molar-refractivity contribution in [2.45, 2.75) is 26.3 Å². The van der Waals surface area contributed by atoms with Crippen LogP contribution < -0.4 is 5.73 Å². The zero-order chi connectivity index (χ0) is 14.0. The minimum atomic E-state index is -0.151. The predicted molar refractivity (Wildman–Crippen MR) is 78.0 cm³/mol. The molecule has 2 N–H and O–H groups in total. The van der Waals surface area contributed by atoms with Crippen molar-refractivity contribution in [1.82, 2.24) is 0 Å². The average Bonchev–Trinajstić information content (AvgIpc) is 2.38. The van der Waals surface area contributed by atoms with Gasteiger partial charge in [-0.25, -0.2) is 4.39 Å². The van der Waals surface area contributed by atoms with Crippen LogP contribution in [0.4, 0.5) is 4.39 Å². The van der Waals surface area contributed by atoms with E-state index in [1.165, 1.54) is 0 Å². The average molecular weight is 278 g/mol. The molecule has 2 rings (SSSR count). The number of nitrogens with two attached hydrogens (primary N) is 1. The molecule has 2 aromatic rings. The first kappa shape index (κ1) is 14.0. The van der Waals surface area contributed by atoms with Crippen molar-refractivity contribution in [3.63, 3.8) is 0 Å². The number of halogens is 2. The van der Waals surface area contributed by atoms with Crippen LogP contribution in [0.15, 0.2) is 36.4 Å². The minimum absolute atomic E-state index is 0.140. The molecule has 0 fully saturated rings. The molecule has 0 bridgehead atoms. The summed E-state index contributed by atoms with van der Waals surface area (Å²) < 4.78 is 13.6. The van der Waals surface area contributed by atoms with Gasteiger partial charge in [-0.3, -0.25) is 0 Å². The van der Waals surface area contributed by atoms with Gasteiger partial charge in [0.15, 0.2) is 0 Å². The molecule has 1 unspecified atom stereocenters. The van der Waals surface area contributed by atoms with Crippen LogP contribution in [-0.4, -0.2) is 0 Å². The summed E-state index contributed by atoms with van der Waals surface area (Å²) in [6, 6.07) is 11.1. The van der Waals surface area contributed by atoms with Crippen LogP contribution in [0, 0.1) is 19.7 Å². The van der Waals surface area contributed by atoms with Gasteiger partial charge in [0.2, 0.25) is 0 Å². The second kappa shape index (κ2) is 5.72. The molecule has 0 aliphatic carbocycles. The molecule has 0 radical (unpaired) electrons. The lowest BCUT2D eigenvalue weighted by atomic mass is 9.96. The fourth-order valence-corrected chi connectivity index (χ4v) is 2.31. The Morgan fingerprint density at radius 2 is 1.63 bits per heavy atom. The number of aryl methyl sites for hydroxylation is 2. The number of benzene rings is 2. The molecule has 0 aliphatic rings. The molecule has 0 amide bonds. The third kappa shape index (κ3) is 3.34. The van der Waals surface area contributed by atoms with Crippen molar-refractivity contribution < 1.29 is 4.39 Å². The van der Waals surface area contributed by atoms with Crippen molar-refractivity contribution in [3.8, 4) is 0 Å². The van der Waals surface area contributed by atoms with Gasteiger partial charge in [-0.1, -0.05) is 35.9 Å². The maximum Gasteiger partial charge on any atom is 0.129 e. The Bertz CT molecular complexity index is 555. The third-order valence-electron chi connectivity index (χ3n) is 3.26. The lowest BCUT2D eigenvalue weighted by Gasteiger charge is -2.14. The van der Waals surface area contributed by atoms with E-state index in [1.807, 2.05) is 36.4 Å². The molecule has 0 aromatic heterocycles. The smallest absolute Gasteiger partial charge is 0.129 e. The largest absolute Gasteiger partial charge is 0.324 e. The van der Waals surface area contributed by atoms with E-state index in [4.69, 9.17) is 17.3 Å². The Morgan fingerprint density at radius 1 is 1.11 bits per heavy atom. The number of hydrogen-bond donors (Lipinski definition) is 1. The summed E-state index contributed by atoms with van der Waals surface area (Å²) in [5.41, 5.74) is 9.56. The van der Waals surface area contributed by atoms with Gasteiger partial charge in [0, 0.05) is 11.1 Å². The summed E-state index contributed by atoms with van der Waals surface area (Å²) in [5.74, 6) is -0.151. The van der Waals surface area contributed by atoms with Crippen molar-refractivity contribution in [2.75, 3.05) is 0 Å². The highest BCUT2D eigenvalue weighted by Gasteiger charge is 2.11. The SMILES string of the molecule is Cc1cc(C(N)Cc2ccc(Cl)cc2)cc(C)c1F. The summed E-state index contributed by atoms with van der Waals surface area (Å²) in [5, 5.41) is 0.714. The minimum Gasteiger partial charge on any atom is -0.324 e. The van der Waals surface area contributed by atoms with E-state index >= 15 is 0 Å². The first-order chi connectivity index (χ1) is 8.97. The van der Waals surface area contributed by atoms with Gasteiger partial charge < -0.3 is 5.73 Å². The van der Waals surface area contributed by atoms with Crippen molar-refractivity contribution in [3.05, 3.63) is 69.5 Å². The van der Waals surface area contributed by atoms with E-state index in [2.05, 4.69) is 0 Å². The quantitative estimate of drug-likeness (QED) is 0.887. The molecular formula is C16H17ClFN. The number of hydrogen-bond acceptors (Lipinski definition) is 1. The van der Waals surface area contributed by atoms with Crippen LogP contribution in [-0.2, 0) is 6.42 Å². The van der Waals surface area contributed by atoms with E-state index in [0.717, 1.165) is 11.1 Å². The molecule has 1 atom stereocenters. The molecule has 100 valence electrons. The van der Waals surface area contributed by atoms with Crippen LogP contribution >= 0.6 is 11.6 Å². The highest BCUT2D eigenvalue weighted by atomic mass is 35.5. The van der Waals surface area contributed by atoms with Gasteiger partial charge in [0.25, 0.3) is 0 Å². The van der Waals surface area contributed by atoms with Gasteiger partial charge >= 0.3 is 0 Å². The van der Waals surface area contributed by atoms with Crippen LogP contribution in [0.5, 0.6) is 0 Å². The Labute approximate surface area is 118 Å². The van der Waals surface area contributed by atoms with Crippen molar-refractivity contribution >= 4 is 11.6 Å². The lowest BCUT2D eigenvalue weighted by molar-refractivity contribution is 0.605. The standard InChI is InChI=1S/C16H17ClFN/c1-10-7-13(8-11(2)16(10)18)15(19)9-12-3-5-14(17)6-4-12/h3-8,15H,9,19H2,1-2H3. The maximum atomic E-state index is 13.6. The molecule has 0 spiro atoms. The molecule has 19 heavy (non-hydrogen) atoms. The molecule has 0 aliphatic heterocycles. The van der Waals surface area contributed by atoms with E-state index < -0.39 is 0 Å². The first-order valence-corrected chi connectivity index (χ1v) is 6.62. The zero-order valence-corrected chi connectivity index (χ0v) is 11.8. The molecule has 2 aromatic carbocycles. The highest BCUT2D eigenvalue weighted by molar-refractivity contribution is 6.30. The number of rotatable bonds is 3. The van der Waals surface area contributed by atoms with E-state index in [-0.39, 0.29) is 11.9 Å². The van der Waals surface area contributed by atoms with Crippen molar-refractivity contribution in [2.24, 2.45) is 5.73 Å². The van der Waals surface area contributed by atoms with Crippen molar-refractivity contribution in [1.29, 1.82) is 0 Å². The van der Waals surface area contributed by atoms with E-state index in [9.17, 15) is 4.39 Å². The monoisotopic (exact) mass is 277 g/mol. The Kier molecular flexibility index (Phi) is 4.23. The van der Waals surface area contributed by atoms with Crippen LogP contribution in [0.3, 0.4) is 0 Å². The maximum absolute atomic E-state index is 13.6. The molecule has 0 saturated carbocycles. The van der Waals surface area contributed by atoms with E-state index in [1.54, 1.807) is 13.8 Å². The fraction of sp³-hybridized carbons (Fsp3) is 0.250. The Morgan fingerprint density at radius 3 is 2.16 bits per heavy atom.